The van der Waals surface area contributed by atoms with Gasteiger partial charge < -0.3 is 15.8 Å². The highest BCUT2D eigenvalue weighted by molar-refractivity contribution is 5.74. The largest absolute Gasteiger partial charge is 0.497 e. The number of hydrogen-bond donors (Lipinski definition) is 2. The average molecular weight is 258 g/mol. The summed E-state index contributed by atoms with van der Waals surface area (Å²) in [5, 5.41) is 11.6. The second-order valence-corrected chi connectivity index (χ2v) is 3.70. The Labute approximate surface area is 109 Å². The monoisotopic (exact) mass is 258 g/mol. The Bertz CT molecular complexity index is 652. The maximum absolute atomic E-state index is 13.7. The smallest absolute Gasteiger partial charge is 0.155 e. The van der Waals surface area contributed by atoms with Crippen molar-refractivity contribution < 1.29 is 9.13 Å². The van der Waals surface area contributed by atoms with Gasteiger partial charge in [-0.3, -0.25) is 0 Å². The zero-order valence-electron chi connectivity index (χ0n) is 10.1. The molecule has 0 aliphatic carbocycles. The number of nitrogens with zero attached hydrogens (tertiary/aromatic N) is 2. The van der Waals surface area contributed by atoms with Crippen molar-refractivity contribution in [3.8, 4) is 11.8 Å². The Morgan fingerprint density at radius 3 is 2.89 bits per heavy atom. The third kappa shape index (κ3) is 2.55. The van der Waals surface area contributed by atoms with E-state index in [2.05, 4.69) is 10.3 Å². The van der Waals surface area contributed by atoms with Gasteiger partial charge >= 0.3 is 0 Å². The number of hydrogen-bond acceptors (Lipinski definition) is 5. The number of halogens is 1. The van der Waals surface area contributed by atoms with E-state index in [0.29, 0.717) is 5.75 Å². The van der Waals surface area contributed by atoms with Crippen molar-refractivity contribution in [3.05, 3.63) is 41.8 Å². The lowest BCUT2D eigenvalue weighted by Crippen LogP contribution is -2.02. The van der Waals surface area contributed by atoms with Gasteiger partial charge in [-0.15, -0.1) is 0 Å². The van der Waals surface area contributed by atoms with Crippen molar-refractivity contribution in [2.24, 2.45) is 0 Å². The van der Waals surface area contributed by atoms with Crippen LogP contribution in [-0.4, -0.2) is 12.1 Å². The summed E-state index contributed by atoms with van der Waals surface area (Å²) in [5.74, 6) is 0.259. The molecule has 2 rings (SSSR count). The van der Waals surface area contributed by atoms with E-state index in [0.717, 1.165) is 0 Å². The molecule has 0 unspecified atom stereocenters. The number of nitriles is 1. The first-order valence-corrected chi connectivity index (χ1v) is 5.41. The first-order valence-electron chi connectivity index (χ1n) is 5.41. The molecule has 0 aliphatic rings. The molecule has 0 spiro atoms. The van der Waals surface area contributed by atoms with Crippen molar-refractivity contribution in [1.82, 2.24) is 4.98 Å². The number of aromatic nitrogens is 1. The Morgan fingerprint density at radius 2 is 2.21 bits per heavy atom. The third-order valence-electron chi connectivity index (χ3n) is 2.54. The molecule has 96 valence electrons. The molecule has 3 N–H and O–H groups in total. The number of methoxy groups -OCH3 is 1. The summed E-state index contributed by atoms with van der Waals surface area (Å²) in [6.07, 6.45) is 1.43. The minimum absolute atomic E-state index is 0.173. The third-order valence-corrected chi connectivity index (χ3v) is 2.54. The van der Waals surface area contributed by atoms with Gasteiger partial charge in [-0.05, 0) is 18.2 Å². The Hall–Kier alpha value is -2.81. The van der Waals surface area contributed by atoms with Gasteiger partial charge in [0.05, 0.1) is 24.0 Å². The Morgan fingerprint density at radius 1 is 1.42 bits per heavy atom. The van der Waals surface area contributed by atoms with Crippen molar-refractivity contribution in [2.75, 3.05) is 18.2 Å². The normalized spacial score (nSPS) is 9.74. The molecule has 5 nitrogen and oxygen atoms in total. The van der Waals surface area contributed by atoms with Crippen LogP contribution >= 0.6 is 0 Å². The zero-order valence-corrected chi connectivity index (χ0v) is 10.1. The lowest BCUT2D eigenvalue weighted by atomic mass is 10.2. The van der Waals surface area contributed by atoms with Crippen molar-refractivity contribution in [3.63, 3.8) is 0 Å². The number of nitrogen functional groups attached to an aromatic ring is 1. The molecule has 0 fully saturated rings. The maximum Gasteiger partial charge on any atom is 0.155 e. The van der Waals surface area contributed by atoms with Gasteiger partial charge in [0.25, 0.3) is 0 Å². The van der Waals surface area contributed by atoms with Crippen LogP contribution in [0.1, 0.15) is 5.56 Å². The minimum Gasteiger partial charge on any atom is -0.497 e. The van der Waals surface area contributed by atoms with Crippen molar-refractivity contribution in [2.45, 2.75) is 0 Å². The molecule has 0 saturated carbocycles. The standard InChI is InChI=1S/C13H11FN4O/c1-19-9-2-3-10(14)11(6-9)18-13-12(16)8(7-15)4-5-17-13/h2-6H,16H2,1H3,(H,17,18). The predicted molar refractivity (Wildman–Crippen MR) is 69.6 cm³/mol. The maximum atomic E-state index is 13.7. The van der Waals surface area contributed by atoms with Crippen LogP contribution in [0.4, 0.5) is 21.6 Å². The fourth-order valence-corrected chi connectivity index (χ4v) is 1.53. The van der Waals surface area contributed by atoms with E-state index in [-0.39, 0.29) is 22.8 Å². The van der Waals surface area contributed by atoms with E-state index in [1.807, 2.05) is 6.07 Å². The summed E-state index contributed by atoms with van der Waals surface area (Å²) in [5.41, 5.74) is 6.39. The van der Waals surface area contributed by atoms with Crippen LogP contribution in [0.15, 0.2) is 30.5 Å². The van der Waals surface area contributed by atoms with E-state index >= 15 is 0 Å². The number of ether oxygens (including phenoxy) is 1. The minimum atomic E-state index is -0.468. The van der Waals surface area contributed by atoms with Crippen LogP contribution in [-0.2, 0) is 0 Å². The molecule has 1 aromatic carbocycles. The molecule has 0 aliphatic heterocycles. The Balaban J connectivity index is 2.39. The summed E-state index contributed by atoms with van der Waals surface area (Å²) < 4.78 is 18.7. The molecular formula is C13H11FN4O. The highest BCUT2D eigenvalue weighted by atomic mass is 19.1. The van der Waals surface area contributed by atoms with Crippen LogP contribution < -0.4 is 15.8 Å². The summed E-state index contributed by atoms with van der Waals surface area (Å²) in [4.78, 5) is 3.98. The highest BCUT2D eigenvalue weighted by Crippen LogP contribution is 2.27. The average Bonchev–Trinajstić information content (AvgIpc) is 2.43. The molecule has 0 bridgehead atoms. The van der Waals surface area contributed by atoms with E-state index in [1.54, 1.807) is 0 Å². The first-order chi connectivity index (χ1) is 9.15. The number of rotatable bonds is 3. The van der Waals surface area contributed by atoms with Gasteiger partial charge in [0, 0.05) is 12.3 Å². The molecule has 0 radical (unpaired) electrons. The zero-order chi connectivity index (χ0) is 13.8. The molecule has 2 aromatic rings. The summed E-state index contributed by atoms with van der Waals surface area (Å²) in [6, 6.07) is 7.68. The van der Waals surface area contributed by atoms with Crippen LogP contribution in [0.3, 0.4) is 0 Å². The number of pyridine rings is 1. The Kier molecular flexibility index (Phi) is 3.48. The van der Waals surface area contributed by atoms with E-state index < -0.39 is 5.82 Å². The molecule has 6 heteroatoms. The topological polar surface area (TPSA) is 84.0 Å². The molecule has 0 amide bonds. The van der Waals surface area contributed by atoms with E-state index in [1.165, 1.54) is 37.6 Å². The fourth-order valence-electron chi connectivity index (χ4n) is 1.53. The summed E-state index contributed by atoms with van der Waals surface area (Å²) in [6.45, 7) is 0. The lowest BCUT2D eigenvalue weighted by molar-refractivity contribution is 0.414. The van der Waals surface area contributed by atoms with E-state index in [4.69, 9.17) is 15.7 Å². The molecule has 0 saturated heterocycles. The quantitative estimate of drug-likeness (QED) is 0.883. The molecule has 19 heavy (non-hydrogen) atoms. The molecular weight excluding hydrogens is 247 g/mol. The lowest BCUT2D eigenvalue weighted by Gasteiger charge is -2.11. The predicted octanol–water partition coefficient (Wildman–Crippen LogP) is 2.43. The summed E-state index contributed by atoms with van der Waals surface area (Å²) >= 11 is 0. The van der Waals surface area contributed by atoms with Gasteiger partial charge in [0.2, 0.25) is 0 Å². The number of nitrogens with two attached hydrogens (primary N) is 1. The fraction of sp³-hybridized carbons (Fsp3) is 0.0769. The second-order valence-electron chi connectivity index (χ2n) is 3.70. The molecule has 0 atom stereocenters. The highest BCUT2D eigenvalue weighted by Gasteiger charge is 2.09. The molecule has 1 aromatic heterocycles. The number of nitrogens with one attached hydrogen (secondary N) is 1. The van der Waals surface area contributed by atoms with Gasteiger partial charge in [0.15, 0.2) is 5.82 Å². The van der Waals surface area contributed by atoms with Crippen LogP contribution in [0, 0.1) is 17.1 Å². The summed E-state index contributed by atoms with van der Waals surface area (Å²) in [7, 11) is 1.49. The van der Waals surface area contributed by atoms with Gasteiger partial charge in [-0.25, -0.2) is 9.37 Å². The van der Waals surface area contributed by atoms with Gasteiger partial charge in [0.1, 0.15) is 17.6 Å². The first kappa shape index (κ1) is 12.6. The van der Waals surface area contributed by atoms with Crippen LogP contribution in [0.2, 0.25) is 0 Å². The molecule has 1 heterocycles. The van der Waals surface area contributed by atoms with Gasteiger partial charge in [-0.2, -0.15) is 5.26 Å². The SMILES string of the molecule is COc1ccc(F)c(Nc2nccc(C#N)c2N)c1. The van der Waals surface area contributed by atoms with Gasteiger partial charge in [-0.1, -0.05) is 0 Å². The number of benzene rings is 1. The van der Waals surface area contributed by atoms with E-state index in [9.17, 15) is 4.39 Å². The number of anilines is 3. The van der Waals surface area contributed by atoms with Crippen molar-refractivity contribution in [1.29, 1.82) is 5.26 Å². The van der Waals surface area contributed by atoms with Crippen LogP contribution in [0.5, 0.6) is 5.75 Å². The van der Waals surface area contributed by atoms with Crippen LogP contribution in [0.25, 0.3) is 0 Å². The second kappa shape index (κ2) is 5.23. The van der Waals surface area contributed by atoms with Crippen molar-refractivity contribution >= 4 is 17.2 Å².